The minimum atomic E-state index is -3.23. The molecule has 0 radical (unpaired) electrons. The maximum absolute atomic E-state index is 11.2. The molecular formula is C7H10N2O4S. The quantitative estimate of drug-likeness (QED) is 0.563. The molecule has 1 amide bonds. The van der Waals surface area contributed by atoms with Crippen LogP contribution < -0.4 is 0 Å². The standard InChI is InChI=1S/C7H10N2O4S/c1-14(11,12)6-4-9-3-2-5(10)8-7(9)13-6/h6H,2-4H2,1H3. The predicted octanol–water partition coefficient (Wildman–Crippen LogP) is -1.02. The summed E-state index contributed by atoms with van der Waals surface area (Å²) in [4.78, 5) is 16.2. The van der Waals surface area contributed by atoms with E-state index in [1.54, 1.807) is 4.90 Å². The molecule has 0 N–H and O–H groups in total. The van der Waals surface area contributed by atoms with Crippen molar-refractivity contribution in [2.45, 2.75) is 11.9 Å². The van der Waals surface area contributed by atoms with E-state index < -0.39 is 15.3 Å². The summed E-state index contributed by atoms with van der Waals surface area (Å²) in [7, 11) is -3.23. The molecule has 0 bridgehead atoms. The van der Waals surface area contributed by atoms with Crippen molar-refractivity contribution in [1.82, 2.24) is 4.90 Å². The van der Waals surface area contributed by atoms with Crippen molar-refractivity contribution in [2.75, 3.05) is 19.3 Å². The largest absolute Gasteiger partial charge is 0.443 e. The Morgan fingerprint density at radius 1 is 1.57 bits per heavy atom. The maximum atomic E-state index is 11.2. The van der Waals surface area contributed by atoms with Crippen LogP contribution in [0.15, 0.2) is 4.99 Å². The third kappa shape index (κ3) is 1.59. The molecule has 2 aliphatic rings. The molecule has 0 aromatic carbocycles. The van der Waals surface area contributed by atoms with Crippen molar-refractivity contribution in [1.29, 1.82) is 0 Å². The van der Waals surface area contributed by atoms with Gasteiger partial charge in [-0.15, -0.1) is 0 Å². The minimum absolute atomic E-state index is 0.150. The van der Waals surface area contributed by atoms with E-state index in [-0.39, 0.29) is 18.5 Å². The lowest BCUT2D eigenvalue weighted by atomic mass is 10.3. The van der Waals surface area contributed by atoms with Crippen molar-refractivity contribution in [3.05, 3.63) is 0 Å². The topological polar surface area (TPSA) is 76.0 Å². The Balaban J connectivity index is 2.22. The van der Waals surface area contributed by atoms with E-state index in [1.165, 1.54) is 0 Å². The van der Waals surface area contributed by atoms with Gasteiger partial charge >= 0.3 is 0 Å². The summed E-state index contributed by atoms with van der Waals surface area (Å²) >= 11 is 0. The lowest BCUT2D eigenvalue weighted by Gasteiger charge is -2.17. The van der Waals surface area contributed by atoms with Crippen LogP contribution >= 0.6 is 0 Å². The number of amides is 1. The molecule has 0 aromatic rings. The first kappa shape index (κ1) is 9.45. The van der Waals surface area contributed by atoms with Crippen LogP contribution in [0.25, 0.3) is 0 Å². The molecule has 0 spiro atoms. The second-order valence-electron chi connectivity index (χ2n) is 3.36. The van der Waals surface area contributed by atoms with Gasteiger partial charge in [-0.05, 0) is 0 Å². The average molecular weight is 218 g/mol. The summed E-state index contributed by atoms with van der Waals surface area (Å²) in [6.07, 6.45) is 1.43. The van der Waals surface area contributed by atoms with Crippen LogP contribution in [0.2, 0.25) is 0 Å². The third-order valence-electron chi connectivity index (χ3n) is 2.17. The number of hydrogen-bond acceptors (Lipinski definition) is 5. The van der Waals surface area contributed by atoms with Crippen LogP contribution in [-0.2, 0) is 19.4 Å². The number of carbonyl (C=O) groups is 1. The fourth-order valence-corrected chi connectivity index (χ4v) is 2.10. The van der Waals surface area contributed by atoms with Crippen LogP contribution in [0.1, 0.15) is 6.42 Å². The van der Waals surface area contributed by atoms with Crippen molar-refractivity contribution in [2.24, 2.45) is 4.99 Å². The summed E-state index contributed by atoms with van der Waals surface area (Å²) in [6.45, 7) is 0.759. The molecular weight excluding hydrogens is 208 g/mol. The van der Waals surface area contributed by atoms with Gasteiger partial charge in [-0.25, -0.2) is 8.42 Å². The molecule has 14 heavy (non-hydrogen) atoms. The van der Waals surface area contributed by atoms with Gasteiger partial charge in [-0.1, -0.05) is 0 Å². The molecule has 2 rings (SSSR count). The Bertz CT molecular complexity index is 400. The molecule has 0 saturated carbocycles. The number of hydrogen-bond donors (Lipinski definition) is 0. The maximum Gasteiger partial charge on any atom is 0.296 e. The van der Waals surface area contributed by atoms with Crippen molar-refractivity contribution in [3.63, 3.8) is 0 Å². The van der Waals surface area contributed by atoms with Gasteiger partial charge < -0.3 is 9.64 Å². The molecule has 1 unspecified atom stereocenters. The monoisotopic (exact) mass is 218 g/mol. The van der Waals surface area contributed by atoms with Crippen LogP contribution in [0.4, 0.5) is 0 Å². The second kappa shape index (κ2) is 2.94. The highest BCUT2D eigenvalue weighted by molar-refractivity contribution is 7.91. The second-order valence-corrected chi connectivity index (χ2v) is 5.55. The highest BCUT2D eigenvalue weighted by atomic mass is 32.2. The van der Waals surface area contributed by atoms with Gasteiger partial charge in [0, 0.05) is 19.2 Å². The first-order valence-corrected chi connectivity index (χ1v) is 6.14. The Labute approximate surface area is 81.5 Å². The molecule has 6 nitrogen and oxygen atoms in total. The van der Waals surface area contributed by atoms with Gasteiger partial charge in [0.15, 0.2) is 9.84 Å². The molecule has 78 valence electrons. The summed E-state index contributed by atoms with van der Waals surface area (Å²) in [5.41, 5.74) is -0.882. The van der Waals surface area contributed by atoms with E-state index >= 15 is 0 Å². The van der Waals surface area contributed by atoms with E-state index in [0.29, 0.717) is 13.0 Å². The summed E-state index contributed by atoms with van der Waals surface area (Å²) in [6, 6.07) is 0.150. The van der Waals surface area contributed by atoms with Crippen LogP contribution in [0.5, 0.6) is 0 Å². The highest BCUT2D eigenvalue weighted by Crippen LogP contribution is 2.18. The number of ether oxygens (including phenoxy) is 1. The molecule has 1 atom stereocenters. The van der Waals surface area contributed by atoms with Crippen LogP contribution in [0, 0.1) is 0 Å². The normalized spacial score (nSPS) is 26.9. The van der Waals surface area contributed by atoms with Crippen molar-refractivity contribution >= 4 is 21.8 Å². The zero-order valence-electron chi connectivity index (χ0n) is 7.63. The number of amidine groups is 1. The van der Waals surface area contributed by atoms with E-state index in [4.69, 9.17) is 4.74 Å². The van der Waals surface area contributed by atoms with E-state index in [1.807, 2.05) is 0 Å². The lowest BCUT2D eigenvalue weighted by Crippen LogP contribution is -2.33. The Kier molecular flexibility index (Phi) is 1.99. The fourth-order valence-electron chi connectivity index (χ4n) is 1.39. The Hall–Kier alpha value is -1.11. The van der Waals surface area contributed by atoms with E-state index in [0.717, 1.165) is 6.26 Å². The van der Waals surface area contributed by atoms with Gasteiger partial charge in [0.05, 0.1) is 6.54 Å². The zero-order chi connectivity index (χ0) is 10.3. The Morgan fingerprint density at radius 3 is 2.93 bits per heavy atom. The zero-order valence-corrected chi connectivity index (χ0v) is 8.45. The number of fused-ring (bicyclic) bond motifs is 1. The van der Waals surface area contributed by atoms with E-state index in [2.05, 4.69) is 4.99 Å². The molecule has 2 aliphatic heterocycles. The molecule has 0 aliphatic carbocycles. The molecule has 2 heterocycles. The summed E-state index contributed by atoms with van der Waals surface area (Å²) in [5, 5.41) is 0. The number of sulfone groups is 1. The summed E-state index contributed by atoms with van der Waals surface area (Å²) in [5.74, 6) is -0.259. The van der Waals surface area contributed by atoms with Crippen LogP contribution in [-0.4, -0.2) is 50.0 Å². The predicted molar refractivity (Wildman–Crippen MR) is 48.3 cm³/mol. The van der Waals surface area contributed by atoms with Gasteiger partial charge in [-0.2, -0.15) is 4.99 Å². The number of carbonyl (C=O) groups excluding carboxylic acids is 1. The van der Waals surface area contributed by atoms with Crippen molar-refractivity contribution < 1.29 is 17.9 Å². The van der Waals surface area contributed by atoms with Crippen LogP contribution in [0.3, 0.4) is 0 Å². The average Bonchev–Trinajstić information content (AvgIpc) is 2.45. The third-order valence-corrected chi connectivity index (χ3v) is 3.37. The van der Waals surface area contributed by atoms with Crippen molar-refractivity contribution in [3.8, 4) is 0 Å². The number of aliphatic imine (C=N–C) groups is 1. The van der Waals surface area contributed by atoms with Gasteiger partial charge in [0.1, 0.15) is 0 Å². The minimum Gasteiger partial charge on any atom is -0.443 e. The molecule has 7 heteroatoms. The van der Waals surface area contributed by atoms with Gasteiger partial charge in [0.2, 0.25) is 5.44 Å². The summed E-state index contributed by atoms with van der Waals surface area (Å²) < 4.78 is 27.4. The van der Waals surface area contributed by atoms with Gasteiger partial charge in [-0.3, -0.25) is 4.79 Å². The molecule has 0 aromatic heterocycles. The molecule has 1 fully saturated rings. The number of rotatable bonds is 1. The van der Waals surface area contributed by atoms with Gasteiger partial charge in [0.25, 0.3) is 11.9 Å². The SMILES string of the molecule is CS(=O)(=O)C1CN2CCC(=O)N=C2O1. The molecule has 1 saturated heterocycles. The first-order chi connectivity index (χ1) is 6.47. The fraction of sp³-hybridized carbons (Fsp3) is 0.714. The Morgan fingerprint density at radius 2 is 2.29 bits per heavy atom. The van der Waals surface area contributed by atoms with E-state index in [9.17, 15) is 13.2 Å². The first-order valence-electron chi connectivity index (χ1n) is 4.19. The smallest absolute Gasteiger partial charge is 0.296 e. The lowest BCUT2D eigenvalue weighted by molar-refractivity contribution is -0.118. The highest BCUT2D eigenvalue weighted by Gasteiger charge is 2.38. The number of nitrogens with zero attached hydrogens (tertiary/aromatic N) is 2.